The quantitative estimate of drug-likeness (QED) is 0.589. The molecule has 2 N–H and O–H groups in total. The molecule has 0 spiro atoms. The maximum Gasteiger partial charge on any atom is 0.353 e. The van der Waals surface area contributed by atoms with Crippen LogP contribution in [0.15, 0.2) is 47.0 Å². The van der Waals surface area contributed by atoms with Crippen molar-refractivity contribution in [2.75, 3.05) is 14.2 Å². The number of allylic oxidation sites excluding steroid dienone is 1. The van der Waals surface area contributed by atoms with Crippen LogP contribution in [0.25, 0.3) is 0 Å². The third-order valence-corrected chi connectivity index (χ3v) is 4.97. The zero-order valence-corrected chi connectivity index (χ0v) is 16.2. The van der Waals surface area contributed by atoms with Gasteiger partial charge in [-0.3, -0.25) is 0 Å². The lowest BCUT2D eigenvalue weighted by molar-refractivity contribution is -0.136. The zero-order chi connectivity index (χ0) is 20.3. The zero-order valence-electron chi connectivity index (χ0n) is 15.4. The first kappa shape index (κ1) is 19.4. The molecule has 0 saturated heterocycles. The molecule has 0 radical (unpaired) electrons. The maximum absolute atomic E-state index is 12.2. The molecule has 0 aliphatic carbocycles. The SMILES string of the molecule is COC(=O)C1=C(C)NC(=O)N[C@@H]1c1ccc(OC(=O)c2cccs2)c(OC)c1. The number of carbonyl (C=O) groups is 3. The number of amides is 2. The topological polar surface area (TPSA) is 103 Å². The molecule has 28 heavy (non-hydrogen) atoms. The number of thiophene rings is 1. The van der Waals surface area contributed by atoms with E-state index in [4.69, 9.17) is 14.2 Å². The monoisotopic (exact) mass is 402 g/mol. The van der Waals surface area contributed by atoms with Crippen molar-refractivity contribution in [1.82, 2.24) is 10.6 Å². The normalized spacial score (nSPS) is 16.1. The molecule has 1 aromatic carbocycles. The van der Waals surface area contributed by atoms with Crippen LogP contribution in [0.4, 0.5) is 4.79 Å². The first-order chi connectivity index (χ1) is 13.4. The summed E-state index contributed by atoms with van der Waals surface area (Å²) in [6.45, 7) is 1.62. The van der Waals surface area contributed by atoms with Gasteiger partial charge in [0.15, 0.2) is 11.5 Å². The van der Waals surface area contributed by atoms with E-state index >= 15 is 0 Å². The van der Waals surface area contributed by atoms with Crippen molar-refractivity contribution in [2.24, 2.45) is 0 Å². The van der Waals surface area contributed by atoms with Crippen LogP contribution in [0.2, 0.25) is 0 Å². The van der Waals surface area contributed by atoms with E-state index < -0.39 is 24.0 Å². The van der Waals surface area contributed by atoms with E-state index in [0.29, 0.717) is 16.1 Å². The van der Waals surface area contributed by atoms with Crippen molar-refractivity contribution in [2.45, 2.75) is 13.0 Å². The van der Waals surface area contributed by atoms with Gasteiger partial charge < -0.3 is 24.8 Å². The molecular weight excluding hydrogens is 384 g/mol. The molecule has 1 aromatic heterocycles. The molecule has 146 valence electrons. The summed E-state index contributed by atoms with van der Waals surface area (Å²) in [5.41, 5.74) is 1.24. The molecule has 2 aromatic rings. The van der Waals surface area contributed by atoms with Gasteiger partial charge >= 0.3 is 18.0 Å². The number of hydrogen-bond acceptors (Lipinski definition) is 7. The summed E-state index contributed by atoms with van der Waals surface area (Å²) < 4.78 is 15.6. The molecule has 0 saturated carbocycles. The maximum atomic E-state index is 12.2. The number of ether oxygens (including phenoxy) is 3. The van der Waals surface area contributed by atoms with Crippen LogP contribution in [0, 0.1) is 0 Å². The fraction of sp³-hybridized carbons (Fsp3) is 0.211. The number of urea groups is 1. The molecule has 3 rings (SSSR count). The van der Waals surface area contributed by atoms with Gasteiger partial charge in [-0.2, -0.15) is 0 Å². The van der Waals surface area contributed by atoms with Gasteiger partial charge in [-0.05, 0) is 36.1 Å². The first-order valence-electron chi connectivity index (χ1n) is 8.24. The van der Waals surface area contributed by atoms with Crippen molar-refractivity contribution in [1.29, 1.82) is 0 Å². The van der Waals surface area contributed by atoms with Gasteiger partial charge in [0.25, 0.3) is 0 Å². The lowest BCUT2D eigenvalue weighted by atomic mass is 9.95. The van der Waals surface area contributed by atoms with Crippen LogP contribution in [0.3, 0.4) is 0 Å². The van der Waals surface area contributed by atoms with Crippen LogP contribution in [-0.2, 0) is 9.53 Å². The standard InChI is InChI=1S/C19H18N2O6S/c1-10-15(18(23)26-3)16(21-19(24)20-10)11-6-7-12(13(9-11)25-2)27-17(22)14-5-4-8-28-14/h4-9,16H,1-3H3,(H2,20,21,24)/t16-/m1/s1. The van der Waals surface area contributed by atoms with E-state index in [0.717, 1.165) is 0 Å². The Hall–Kier alpha value is -3.33. The lowest BCUT2D eigenvalue weighted by Crippen LogP contribution is -2.45. The van der Waals surface area contributed by atoms with Gasteiger partial charge in [0.2, 0.25) is 0 Å². The Labute approximate surface area is 165 Å². The van der Waals surface area contributed by atoms with Crippen LogP contribution < -0.4 is 20.1 Å². The second-order valence-corrected chi connectivity index (χ2v) is 6.79. The molecule has 1 atom stereocenters. The van der Waals surface area contributed by atoms with Crippen LogP contribution in [0.1, 0.15) is 28.2 Å². The largest absolute Gasteiger partial charge is 0.493 e. The van der Waals surface area contributed by atoms with E-state index in [1.807, 2.05) is 0 Å². The van der Waals surface area contributed by atoms with Crippen molar-refractivity contribution >= 4 is 29.3 Å². The Balaban J connectivity index is 1.94. The van der Waals surface area contributed by atoms with Crippen molar-refractivity contribution < 1.29 is 28.6 Å². The molecule has 0 bridgehead atoms. The minimum atomic E-state index is -0.739. The van der Waals surface area contributed by atoms with E-state index in [9.17, 15) is 14.4 Å². The Morgan fingerprint density at radius 1 is 1.11 bits per heavy atom. The first-order valence-corrected chi connectivity index (χ1v) is 9.12. The highest BCUT2D eigenvalue weighted by Crippen LogP contribution is 2.35. The van der Waals surface area contributed by atoms with Gasteiger partial charge in [-0.25, -0.2) is 14.4 Å². The predicted octanol–water partition coefficient (Wildman–Crippen LogP) is 2.78. The fourth-order valence-corrected chi connectivity index (χ4v) is 3.42. The summed E-state index contributed by atoms with van der Waals surface area (Å²) in [5.74, 6) is -0.549. The molecule has 1 aliphatic rings. The van der Waals surface area contributed by atoms with Gasteiger partial charge in [-0.15, -0.1) is 11.3 Å². The highest BCUT2D eigenvalue weighted by molar-refractivity contribution is 7.12. The number of esters is 2. The van der Waals surface area contributed by atoms with Gasteiger partial charge in [0, 0.05) is 5.70 Å². The van der Waals surface area contributed by atoms with Crippen LogP contribution in [0.5, 0.6) is 11.5 Å². The molecule has 0 fully saturated rings. The summed E-state index contributed by atoms with van der Waals surface area (Å²) in [4.78, 5) is 36.8. The van der Waals surface area contributed by atoms with Gasteiger partial charge in [-0.1, -0.05) is 12.1 Å². The summed E-state index contributed by atoms with van der Waals surface area (Å²) in [7, 11) is 2.70. The van der Waals surface area contributed by atoms with E-state index in [1.165, 1.54) is 25.6 Å². The highest BCUT2D eigenvalue weighted by atomic mass is 32.1. The lowest BCUT2D eigenvalue weighted by Gasteiger charge is -2.28. The van der Waals surface area contributed by atoms with E-state index in [1.54, 1.807) is 42.6 Å². The number of hydrogen-bond donors (Lipinski definition) is 2. The Morgan fingerprint density at radius 3 is 2.54 bits per heavy atom. The van der Waals surface area contributed by atoms with Crippen molar-refractivity contribution in [3.05, 3.63) is 57.4 Å². The third kappa shape index (κ3) is 3.84. The summed E-state index contributed by atoms with van der Waals surface area (Å²) in [6, 6.07) is 7.03. The van der Waals surface area contributed by atoms with Crippen LogP contribution in [-0.4, -0.2) is 32.2 Å². The average molecular weight is 402 g/mol. The molecule has 0 unspecified atom stereocenters. The molecule has 2 amide bonds. The third-order valence-electron chi connectivity index (χ3n) is 4.12. The molecule has 8 nitrogen and oxygen atoms in total. The second kappa shape index (κ2) is 8.13. The van der Waals surface area contributed by atoms with Gasteiger partial charge in [0.1, 0.15) is 4.88 Å². The Kier molecular flexibility index (Phi) is 5.65. The number of rotatable bonds is 5. The minimum Gasteiger partial charge on any atom is -0.493 e. The van der Waals surface area contributed by atoms with Gasteiger partial charge in [0.05, 0.1) is 25.8 Å². The molecular formula is C19H18N2O6S. The number of methoxy groups -OCH3 is 2. The summed E-state index contributed by atoms with van der Waals surface area (Å²) >= 11 is 1.27. The molecule has 1 aliphatic heterocycles. The van der Waals surface area contributed by atoms with Crippen molar-refractivity contribution in [3.63, 3.8) is 0 Å². The second-order valence-electron chi connectivity index (χ2n) is 5.84. The van der Waals surface area contributed by atoms with E-state index in [2.05, 4.69) is 10.6 Å². The predicted molar refractivity (Wildman–Crippen MR) is 101 cm³/mol. The number of benzene rings is 1. The number of nitrogens with one attached hydrogen (secondary N) is 2. The number of carbonyl (C=O) groups excluding carboxylic acids is 3. The smallest absolute Gasteiger partial charge is 0.353 e. The summed E-state index contributed by atoms with van der Waals surface area (Å²) in [5, 5.41) is 7.02. The average Bonchev–Trinajstić information content (AvgIpc) is 3.22. The fourth-order valence-electron chi connectivity index (χ4n) is 2.82. The summed E-state index contributed by atoms with van der Waals surface area (Å²) in [6.07, 6.45) is 0. The molecule has 9 heteroatoms. The van der Waals surface area contributed by atoms with Crippen molar-refractivity contribution in [3.8, 4) is 11.5 Å². The Morgan fingerprint density at radius 2 is 1.89 bits per heavy atom. The highest BCUT2D eigenvalue weighted by Gasteiger charge is 2.32. The van der Waals surface area contributed by atoms with E-state index in [-0.39, 0.29) is 17.1 Å². The minimum absolute atomic E-state index is 0.227. The molecule has 2 heterocycles. The Bertz CT molecular complexity index is 951. The van der Waals surface area contributed by atoms with Crippen LogP contribution >= 0.6 is 11.3 Å².